The molecule has 2 aliphatic heterocycles. The largest absolute Gasteiger partial charge is 0.315 e. The van der Waals surface area contributed by atoms with Crippen molar-refractivity contribution in [2.24, 2.45) is 0 Å². The summed E-state index contributed by atoms with van der Waals surface area (Å²) >= 11 is 0. The summed E-state index contributed by atoms with van der Waals surface area (Å²) in [6.07, 6.45) is 3.11. The Balaban J connectivity index is 1.57. The maximum absolute atomic E-state index is 11.6. The Morgan fingerprint density at radius 3 is 3.16 bits per heavy atom. The van der Waals surface area contributed by atoms with Crippen molar-refractivity contribution in [1.82, 2.24) is 10.6 Å². The third-order valence-corrected chi connectivity index (χ3v) is 4.10. The van der Waals surface area contributed by atoms with Gasteiger partial charge in [-0.25, -0.2) is 0 Å². The molecule has 0 bridgehead atoms. The Bertz CT molecular complexity index is 480. The SMILES string of the molecule is CN1C(=O)Cc2cc(CNCC3CCCN3)ccc21. The Morgan fingerprint density at radius 1 is 1.47 bits per heavy atom. The van der Waals surface area contributed by atoms with Crippen LogP contribution in [-0.4, -0.2) is 32.1 Å². The molecule has 0 aromatic heterocycles. The number of hydrogen-bond donors (Lipinski definition) is 2. The summed E-state index contributed by atoms with van der Waals surface area (Å²) in [6.45, 7) is 3.05. The average Bonchev–Trinajstić information content (AvgIpc) is 3.00. The van der Waals surface area contributed by atoms with Gasteiger partial charge < -0.3 is 15.5 Å². The van der Waals surface area contributed by atoms with Crippen molar-refractivity contribution in [1.29, 1.82) is 0 Å². The van der Waals surface area contributed by atoms with Crippen molar-refractivity contribution >= 4 is 11.6 Å². The molecule has 19 heavy (non-hydrogen) atoms. The number of rotatable bonds is 4. The third-order valence-electron chi connectivity index (χ3n) is 4.10. The Labute approximate surface area is 114 Å². The van der Waals surface area contributed by atoms with E-state index in [-0.39, 0.29) is 5.91 Å². The first-order valence-corrected chi connectivity index (χ1v) is 7.06. The molecule has 1 unspecified atom stereocenters. The summed E-state index contributed by atoms with van der Waals surface area (Å²) in [5.74, 6) is 0.190. The summed E-state index contributed by atoms with van der Waals surface area (Å²) in [6, 6.07) is 6.96. The smallest absolute Gasteiger partial charge is 0.231 e. The van der Waals surface area contributed by atoms with Crippen molar-refractivity contribution in [2.75, 3.05) is 25.0 Å². The second kappa shape index (κ2) is 5.31. The van der Waals surface area contributed by atoms with Crippen LogP contribution in [-0.2, 0) is 17.8 Å². The van der Waals surface area contributed by atoms with Crippen LogP contribution in [0.1, 0.15) is 24.0 Å². The molecule has 2 N–H and O–H groups in total. The van der Waals surface area contributed by atoms with E-state index in [0.717, 1.165) is 30.9 Å². The number of likely N-dealkylation sites (N-methyl/N-ethyl adjacent to an activating group) is 1. The Morgan fingerprint density at radius 2 is 2.37 bits per heavy atom. The lowest BCUT2D eigenvalue weighted by molar-refractivity contribution is -0.117. The molecule has 1 saturated heterocycles. The minimum absolute atomic E-state index is 0.190. The standard InChI is InChI=1S/C15H21N3O/c1-18-14-5-4-11(7-12(14)8-15(18)19)9-16-10-13-3-2-6-17-13/h4-5,7,13,16-17H,2-3,6,8-10H2,1H3. The van der Waals surface area contributed by atoms with Gasteiger partial charge in [0.1, 0.15) is 0 Å². The van der Waals surface area contributed by atoms with Gasteiger partial charge in [0.15, 0.2) is 0 Å². The fourth-order valence-electron chi connectivity index (χ4n) is 2.96. The molecule has 1 aromatic carbocycles. The summed E-state index contributed by atoms with van der Waals surface area (Å²) in [5.41, 5.74) is 3.48. The number of nitrogens with zero attached hydrogens (tertiary/aromatic N) is 1. The molecule has 2 heterocycles. The molecular weight excluding hydrogens is 238 g/mol. The van der Waals surface area contributed by atoms with E-state index in [2.05, 4.69) is 28.8 Å². The van der Waals surface area contributed by atoms with Gasteiger partial charge in [-0.3, -0.25) is 4.79 Å². The number of hydrogen-bond acceptors (Lipinski definition) is 3. The molecule has 4 nitrogen and oxygen atoms in total. The van der Waals surface area contributed by atoms with Crippen LogP contribution in [0, 0.1) is 0 Å². The zero-order valence-electron chi connectivity index (χ0n) is 11.4. The van der Waals surface area contributed by atoms with Crippen molar-refractivity contribution in [3.63, 3.8) is 0 Å². The van der Waals surface area contributed by atoms with Crippen LogP contribution in [0.5, 0.6) is 0 Å². The van der Waals surface area contributed by atoms with Crippen LogP contribution in [0.25, 0.3) is 0 Å². The summed E-state index contributed by atoms with van der Waals surface area (Å²) in [5, 5.41) is 6.98. The van der Waals surface area contributed by atoms with Gasteiger partial charge in [-0.05, 0) is 36.6 Å². The van der Waals surface area contributed by atoms with Crippen LogP contribution < -0.4 is 15.5 Å². The number of anilines is 1. The van der Waals surface area contributed by atoms with Gasteiger partial charge >= 0.3 is 0 Å². The zero-order valence-corrected chi connectivity index (χ0v) is 11.4. The highest BCUT2D eigenvalue weighted by atomic mass is 16.2. The van der Waals surface area contributed by atoms with Crippen LogP contribution in [0.4, 0.5) is 5.69 Å². The van der Waals surface area contributed by atoms with Gasteiger partial charge in [-0.1, -0.05) is 12.1 Å². The first kappa shape index (κ1) is 12.6. The van der Waals surface area contributed by atoms with Crippen LogP contribution in [0.2, 0.25) is 0 Å². The lowest BCUT2D eigenvalue weighted by Gasteiger charge is -2.13. The normalized spacial score (nSPS) is 22.1. The van der Waals surface area contributed by atoms with Crippen molar-refractivity contribution in [2.45, 2.75) is 31.8 Å². The topological polar surface area (TPSA) is 44.4 Å². The number of nitrogens with one attached hydrogen (secondary N) is 2. The molecule has 4 heteroatoms. The average molecular weight is 259 g/mol. The lowest BCUT2D eigenvalue weighted by Crippen LogP contribution is -2.33. The maximum Gasteiger partial charge on any atom is 0.231 e. The van der Waals surface area contributed by atoms with E-state index in [1.807, 2.05) is 7.05 Å². The van der Waals surface area contributed by atoms with Gasteiger partial charge in [0.05, 0.1) is 6.42 Å². The van der Waals surface area contributed by atoms with Gasteiger partial charge in [0.25, 0.3) is 0 Å². The highest BCUT2D eigenvalue weighted by Crippen LogP contribution is 2.28. The molecule has 0 aliphatic carbocycles. The van der Waals surface area contributed by atoms with E-state index in [9.17, 15) is 4.79 Å². The fraction of sp³-hybridized carbons (Fsp3) is 0.533. The summed E-state index contributed by atoms with van der Waals surface area (Å²) in [4.78, 5) is 13.4. The van der Waals surface area contributed by atoms with Crippen molar-refractivity contribution < 1.29 is 4.79 Å². The molecule has 1 aromatic rings. The van der Waals surface area contributed by atoms with E-state index >= 15 is 0 Å². The number of carbonyl (C=O) groups is 1. The van der Waals surface area contributed by atoms with Crippen LogP contribution in [0.3, 0.4) is 0 Å². The molecule has 0 saturated carbocycles. The lowest BCUT2D eigenvalue weighted by atomic mass is 10.1. The fourth-order valence-corrected chi connectivity index (χ4v) is 2.96. The minimum Gasteiger partial charge on any atom is -0.315 e. The number of fused-ring (bicyclic) bond motifs is 1. The molecular formula is C15H21N3O. The van der Waals surface area contributed by atoms with Crippen LogP contribution >= 0.6 is 0 Å². The van der Waals surface area contributed by atoms with E-state index in [0.29, 0.717) is 12.5 Å². The molecule has 1 atom stereocenters. The number of amides is 1. The molecule has 1 fully saturated rings. The minimum atomic E-state index is 0.190. The number of carbonyl (C=O) groups excluding carboxylic acids is 1. The molecule has 2 aliphatic rings. The molecule has 0 radical (unpaired) electrons. The molecule has 0 spiro atoms. The van der Waals surface area contributed by atoms with Crippen molar-refractivity contribution in [3.8, 4) is 0 Å². The van der Waals surface area contributed by atoms with E-state index in [4.69, 9.17) is 0 Å². The first-order valence-electron chi connectivity index (χ1n) is 7.06. The predicted molar refractivity (Wildman–Crippen MR) is 76.3 cm³/mol. The van der Waals surface area contributed by atoms with Gasteiger partial charge in [-0.15, -0.1) is 0 Å². The predicted octanol–water partition coefficient (Wildman–Crippen LogP) is 1.05. The Kier molecular flexibility index (Phi) is 3.53. The van der Waals surface area contributed by atoms with Crippen molar-refractivity contribution in [3.05, 3.63) is 29.3 Å². The van der Waals surface area contributed by atoms with E-state index < -0.39 is 0 Å². The highest BCUT2D eigenvalue weighted by Gasteiger charge is 2.23. The monoisotopic (exact) mass is 259 g/mol. The third kappa shape index (κ3) is 2.65. The molecule has 102 valence electrons. The van der Waals surface area contributed by atoms with E-state index in [1.165, 1.54) is 18.4 Å². The van der Waals surface area contributed by atoms with Gasteiger partial charge in [0, 0.05) is 31.9 Å². The second-order valence-corrected chi connectivity index (χ2v) is 5.52. The first-order chi connectivity index (χ1) is 9.24. The van der Waals surface area contributed by atoms with Gasteiger partial charge in [-0.2, -0.15) is 0 Å². The van der Waals surface area contributed by atoms with Crippen LogP contribution in [0.15, 0.2) is 18.2 Å². The molecule has 1 amide bonds. The molecule has 3 rings (SSSR count). The summed E-state index contributed by atoms with van der Waals surface area (Å²) in [7, 11) is 1.85. The Hall–Kier alpha value is -1.39. The van der Waals surface area contributed by atoms with Gasteiger partial charge in [0.2, 0.25) is 5.91 Å². The number of benzene rings is 1. The summed E-state index contributed by atoms with van der Waals surface area (Å²) < 4.78 is 0. The van der Waals surface area contributed by atoms with E-state index in [1.54, 1.807) is 4.90 Å². The zero-order chi connectivity index (χ0) is 13.2. The highest BCUT2D eigenvalue weighted by molar-refractivity contribution is 6.00. The quantitative estimate of drug-likeness (QED) is 0.849. The maximum atomic E-state index is 11.6. The second-order valence-electron chi connectivity index (χ2n) is 5.52.